The Morgan fingerprint density at radius 1 is 1.06 bits per heavy atom. The molecule has 0 aliphatic carbocycles. The van der Waals surface area contributed by atoms with Crippen molar-refractivity contribution in [2.24, 2.45) is 7.05 Å². The summed E-state index contributed by atoms with van der Waals surface area (Å²) in [5.74, 6) is -0.0861. The van der Waals surface area contributed by atoms with Gasteiger partial charge in [0.05, 0.1) is 11.3 Å². The second-order valence-corrected chi connectivity index (χ2v) is 9.19. The average molecular weight is 436 g/mol. The van der Waals surface area contributed by atoms with Gasteiger partial charge in [0.2, 0.25) is 5.91 Å². The summed E-state index contributed by atoms with van der Waals surface area (Å²) in [6.07, 6.45) is 0.543. The van der Waals surface area contributed by atoms with E-state index in [9.17, 15) is 9.59 Å². The van der Waals surface area contributed by atoms with Crippen LogP contribution < -0.4 is 10.9 Å². The molecule has 31 heavy (non-hydrogen) atoms. The number of hydrogen-bond donors (Lipinski definition) is 1. The molecule has 0 fully saturated rings. The molecule has 2 atom stereocenters. The van der Waals surface area contributed by atoms with Crippen molar-refractivity contribution in [3.05, 3.63) is 92.9 Å². The molecule has 3 rings (SSSR count). The summed E-state index contributed by atoms with van der Waals surface area (Å²) in [4.78, 5) is 30.4. The normalized spacial score (nSPS) is 12.9. The maximum atomic E-state index is 13.0. The molecule has 0 saturated heterocycles. The first-order chi connectivity index (χ1) is 14.8. The van der Waals surface area contributed by atoms with Crippen LogP contribution in [0.25, 0.3) is 0 Å². The zero-order chi connectivity index (χ0) is 22.5. The molecule has 5 nitrogen and oxygen atoms in total. The molecule has 0 bridgehead atoms. The van der Waals surface area contributed by atoms with Gasteiger partial charge in [0.25, 0.3) is 5.56 Å². The molecule has 1 amide bonds. The summed E-state index contributed by atoms with van der Waals surface area (Å²) in [6, 6.07) is 17.9. The molecule has 2 aromatic carbocycles. The summed E-state index contributed by atoms with van der Waals surface area (Å²) < 4.78 is 1.55. The summed E-state index contributed by atoms with van der Waals surface area (Å²) in [6.45, 7) is 7.69. The molecule has 1 heterocycles. The van der Waals surface area contributed by atoms with E-state index in [1.807, 2.05) is 82.3 Å². The molecule has 2 unspecified atom stereocenters. The Labute approximate surface area is 187 Å². The van der Waals surface area contributed by atoms with E-state index in [2.05, 4.69) is 10.3 Å². The van der Waals surface area contributed by atoms with E-state index in [1.165, 1.54) is 17.3 Å². The van der Waals surface area contributed by atoms with Crippen molar-refractivity contribution < 1.29 is 4.79 Å². The lowest BCUT2D eigenvalue weighted by molar-refractivity contribution is -0.120. The van der Waals surface area contributed by atoms with Crippen LogP contribution in [0.2, 0.25) is 0 Å². The summed E-state index contributed by atoms with van der Waals surface area (Å²) >= 11 is 1.30. The quantitative estimate of drug-likeness (QED) is 0.443. The van der Waals surface area contributed by atoms with Crippen LogP contribution in [0.4, 0.5) is 0 Å². The van der Waals surface area contributed by atoms with E-state index in [1.54, 1.807) is 11.6 Å². The fourth-order valence-corrected chi connectivity index (χ4v) is 4.24. The minimum atomic E-state index is -0.383. The maximum Gasteiger partial charge on any atom is 0.257 e. The van der Waals surface area contributed by atoms with Gasteiger partial charge in [-0.1, -0.05) is 71.9 Å². The van der Waals surface area contributed by atoms with Gasteiger partial charge in [0, 0.05) is 24.7 Å². The smallest absolute Gasteiger partial charge is 0.257 e. The van der Waals surface area contributed by atoms with Crippen molar-refractivity contribution in [1.29, 1.82) is 0 Å². The van der Waals surface area contributed by atoms with Gasteiger partial charge in [0.1, 0.15) is 0 Å². The van der Waals surface area contributed by atoms with Gasteiger partial charge in [-0.15, -0.1) is 0 Å². The van der Waals surface area contributed by atoms with Crippen LogP contribution in [-0.2, 0) is 18.3 Å². The summed E-state index contributed by atoms with van der Waals surface area (Å²) in [5.41, 5.74) is 4.64. The molecule has 0 aliphatic heterocycles. The molecule has 1 aromatic heterocycles. The Balaban J connectivity index is 1.73. The van der Waals surface area contributed by atoms with Crippen LogP contribution in [0, 0.1) is 13.8 Å². The number of rotatable bonds is 7. The molecule has 1 N–H and O–H groups in total. The number of thioether (sulfide) groups is 1. The van der Waals surface area contributed by atoms with Gasteiger partial charge < -0.3 is 5.32 Å². The molecule has 3 aromatic rings. The summed E-state index contributed by atoms with van der Waals surface area (Å²) in [5, 5.41) is 3.20. The van der Waals surface area contributed by atoms with Crippen LogP contribution in [0.3, 0.4) is 0 Å². The van der Waals surface area contributed by atoms with Gasteiger partial charge >= 0.3 is 0 Å². The number of hydrogen-bond acceptors (Lipinski definition) is 4. The monoisotopic (exact) mass is 435 g/mol. The lowest BCUT2D eigenvalue weighted by Crippen LogP contribution is -2.34. The molecule has 0 spiro atoms. The number of nitrogens with one attached hydrogen (secondary N) is 1. The predicted molar refractivity (Wildman–Crippen MR) is 127 cm³/mol. The Bertz CT molecular complexity index is 1110. The minimum Gasteiger partial charge on any atom is -0.349 e. The minimum absolute atomic E-state index is 0.0687. The summed E-state index contributed by atoms with van der Waals surface area (Å²) in [7, 11) is 1.72. The third-order valence-corrected chi connectivity index (χ3v) is 6.50. The van der Waals surface area contributed by atoms with Crippen molar-refractivity contribution in [3.63, 3.8) is 0 Å². The van der Waals surface area contributed by atoms with E-state index >= 15 is 0 Å². The van der Waals surface area contributed by atoms with Crippen molar-refractivity contribution in [1.82, 2.24) is 14.9 Å². The molecular formula is C25H29N3O2S. The number of nitrogens with zero attached hydrogens (tertiary/aromatic N) is 2. The number of carbonyl (C=O) groups excluding carboxylic acids is 1. The standard InChI is InChI=1S/C25H29N3O2S/c1-16-11-13-20(14-12-16)15-22-18(3)27-25(28(5)24(22)30)31-19(4)23(29)26-17(2)21-9-7-6-8-10-21/h6-14,17,19H,15H2,1-5H3,(H,26,29). The van der Waals surface area contributed by atoms with E-state index in [-0.39, 0.29) is 22.8 Å². The lowest BCUT2D eigenvalue weighted by atomic mass is 10.0. The van der Waals surface area contributed by atoms with Gasteiger partial charge in [0.15, 0.2) is 5.16 Å². The molecule has 162 valence electrons. The zero-order valence-corrected chi connectivity index (χ0v) is 19.5. The first kappa shape index (κ1) is 22.8. The lowest BCUT2D eigenvalue weighted by Gasteiger charge is -2.19. The Morgan fingerprint density at radius 2 is 1.71 bits per heavy atom. The van der Waals surface area contributed by atoms with Crippen molar-refractivity contribution in [2.45, 2.75) is 50.6 Å². The fourth-order valence-electron chi connectivity index (χ4n) is 3.32. The van der Waals surface area contributed by atoms with Gasteiger partial charge in [-0.05, 0) is 38.8 Å². The van der Waals surface area contributed by atoms with E-state index in [0.717, 1.165) is 11.1 Å². The van der Waals surface area contributed by atoms with Crippen molar-refractivity contribution in [3.8, 4) is 0 Å². The van der Waals surface area contributed by atoms with Crippen molar-refractivity contribution >= 4 is 17.7 Å². The Morgan fingerprint density at radius 3 is 2.35 bits per heavy atom. The van der Waals surface area contributed by atoms with Crippen LogP contribution in [0.5, 0.6) is 0 Å². The van der Waals surface area contributed by atoms with Crippen LogP contribution in [-0.4, -0.2) is 20.7 Å². The second kappa shape index (κ2) is 9.96. The zero-order valence-electron chi connectivity index (χ0n) is 18.7. The third kappa shape index (κ3) is 5.64. The SMILES string of the molecule is Cc1ccc(Cc2c(C)nc(SC(C)C(=O)NC(C)c3ccccc3)n(C)c2=O)cc1. The topological polar surface area (TPSA) is 64.0 Å². The highest BCUT2D eigenvalue weighted by molar-refractivity contribution is 8.00. The fraction of sp³-hybridized carbons (Fsp3) is 0.320. The second-order valence-electron chi connectivity index (χ2n) is 7.89. The maximum absolute atomic E-state index is 13.0. The highest BCUT2D eigenvalue weighted by Crippen LogP contribution is 2.23. The predicted octanol–water partition coefficient (Wildman–Crippen LogP) is 4.35. The number of amides is 1. The molecule has 0 saturated carbocycles. The van der Waals surface area contributed by atoms with E-state index in [4.69, 9.17) is 0 Å². The first-order valence-electron chi connectivity index (χ1n) is 10.4. The van der Waals surface area contributed by atoms with E-state index < -0.39 is 0 Å². The average Bonchev–Trinajstić information content (AvgIpc) is 2.76. The molecule has 0 aliphatic rings. The largest absolute Gasteiger partial charge is 0.349 e. The molecular weight excluding hydrogens is 406 g/mol. The third-order valence-electron chi connectivity index (χ3n) is 5.36. The van der Waals surface area contributed by atoms with Crippen molar-refractivity contribution in [2.75, 3.05) is 0 Å². The number of aromatic nitrogens is 2. The number of benzene rings is 2. The van der Waals surface area contributed by atoms with Crippen LogP contribution in [0.15, 0.2) is 64.5 Å². The van der Waals surface area contributed by atoms with E-state index in [0.29, 0.717) is 22.8 Å². The highest BCUT2D eigenvalue weighted by Gasteiger charge is 2.21. The Kier molecular flexibility index (Phi) is 7.33. The number of carbonyl (C=O) groups is 1. The number of aryl methyl sites for hydroxylation is 2. The molecule has 6 heteroatoms. The van der Waals surface area contributed by atoms with Crippen LogP contribution in [0.1, 0.15) is 47.8 Å². The molecule has 0 radical (unpaired) electrons. The van der Waals surface area contributed by atoms with Crippen LogP contribution >= 0.6 is 11.8 Å². The van der Waals surface area contributed by atoms with Gasteiger partial charge in [-0.2, -0.15) is 0 Å². The highest BCUT2D eigenvalue weighted by atomic mass is 32.2. The van der Waals surface area contributed by atoms with Gasteiger partial charge in [-0.25, -0.2) is 4.98 Å². The first-order valence-corrected chi connectivity index (χ1v) is 11.3. The Hall–Kier alpha value is -2.86. The van der Waals surface area contributed by atoms with Gasteiger partial charge in [-0.3, -0.25) is 14.2 Å².